The number of hydrogen-bond acceptors (Lipinski definition) is 2. The van der Waals surface area contributed by atoms with Gasteiger partial charge in [0.15, 0.2) is 0 Å². The van der Waals surface area contributed by atoms with E-state index in [-0.39, 0.29) is 5.54 Å². The van der Waals surface area contributed by atoms with Crippen molar-refractivity contribution >= 4 is 0 Å². The van der Waals surface area contributed by atoms with Gasteiger partial charge in [0, 0.05) is 25.2 Å². The first-order valence-corrected chi connectivity index (χ1v) is 8.66. The lowest BCUT2D eigenvalue weighted by Crippen LogP contribution is -2.57. The van der Waals surface area contributed by atoms with Crippen LogP contribution in [0.1, 0.15) is 50.7 Å². The van der Waals surface area contributed by atoms with E-state index in [9.17, 15) is 0 Å². The summed E-state index contributed by atoms with van der Waals surface area (Å²) in [5.41, 5.74) is 9.62. The highest BCUT2D eigenvalue weighted by Crippen LogP contribution is 2.41. The molecule has 0 aromatic heterocycles. The minimum absolute atomic E-state index is 0.251. The molecule has 1 saturated carbocycles. The minimum Gasteiger partial charge on any atom is -0.329 e. The van der Waals surface area contributed by atoms with Crippen molar-refractivity contribution in [2.24, 2.45) is 17.6 Å². The van der Waals surface area contributed by atoms with Gasteiger partial charge in [-0.15, -0.1) is 0 Å². The Morgan fingerprint density at radius 2 is 2.05 bits per heavy atom. The van der Waals surface area contributed by atoms with E-state index in [1.54, 1.807) is 0 Å². The number of fused-ring (bicyclic) bond motifs is 1. The van der Waals surface area contributed by atoms with Gasteiger partial charge in [0.25, 0.3) is 0 Å². The first kappa shape index (κ1) is 15.1. The van der Waals surface area contributed by atoms with Crippen LogP contribution in [-0.2, 0) is 13.0 Å². The van der Waals surface area contributed by atoms with Gasteiger partial charge in [-0.2, -0.15) is 0 Å². The molecule has 0 spiro atoms. The Kier molecular flexibility index (Phi) is 4.37. The maximum atomic E-state index is 6.31. The molecular formula is C19H30N2. The fourth-order valence-electron chi connectivity index (χ4n) is 4.46. The highest BCUT2D eigenvalue weighted by molar-refractivity contribution is 5.29. The van der Waals surface area contributed by atoms with Crippen LogP contribution in [0.15, 0.2) is 24.3 Å². The van der Waals surface area contributed by atoms with E-state index in [1.165, 1.54) is 49.8 Å². The third kappa shape index (κ3) is 2.89. The van der Waals surface area contributed by atoms with E-state index in [4.69, 9.17) is 5.73 Å². The third-order valence-electron chi connectivity index (χ3n) is 5.98. The topological polar surface area (TPSA) is 29.3 Å². The van der Waals surface area contributed by atoms with Crippen molar-refractivity contribution in [3.63, 3.8) is 0 Å². The summed E-state index contributed by atoms with van der Waals surface area (Å²) >= 11 is 0. The van der Waals surface area contributed by atoms with Crippen molar-refractivity contribution in [1.82, 2.24) is 4.90 Å². The maximum Gasteiger partial charge on any atom is 0.0338 e. The second-order valence-electron chi connectivity index (χ2n) is 7.47. The zero-order chi connectivity index (χ0) is 14.9. The van der Waals surface area contributed by atoms with Crippen LogP contribution < -0.4 is 5.73 Å². The van der Waals surface area contributed by atoms with Crippen molar-refractivity contribution in [3.05, 3.63) is 35.4 Å². The predicted octanol–water partition coefficient (Wildman–Crippen LogP) is 3.59. The first-order valence-electron chi connectivity index (χ1n) is 8.66. The van der Waals surface area contributed by atoms with Gasteiger partial charge in [0.05, 0.1) is 0 Å². The Morgan fingerprint density at radius 1 is 1.29 bits per heavy atom. The molecule has 21 heavy (non-hydrogen) atoms. The van der Waals surface area contributed by atoms with Gasteiger partial charge >= 0.3 is 0 Å². The first-order chi connectivity index (χ1) is 10.1. The van der Waals surface area contributed by atoms with Gasteiger partial charge in [0.1, 0.15) is 0 Å². The molecule has 0 radical (unpaired) electrons. The molecule has 0 bridgehead atoms. The maximum absolute atomic E-state index is 6.31. The standard InChI is InChI=1S/C19H30N2/c1-15(2)17-8-5-10-19(12-17,14-20)21-11-9-16-6-3-4-7-18(16)13-21/h3-4,6-7,15,17H,5,8-14,20H2,1-2H3. The van der Waals surface area contributed by atoms with E-state index in [1.807, 2.05) is 0 Å². The molecule has 2 aliphatic rings. The van der Waals surface area contributed by atoms with E-state index < -0.39 is 0 Å². The van der Waals surface area contributed by atoms with Gasteiger partial charge < -0.3 is 5.73 Å². The normalized spacial score (nSPS) is 30.4. The number of rotatable bonds is 3. The molecule has 1 aliphatic heterocycles. The van der Waals surface area contributed by atoms with Gasteiger partial charge in [-0.05, 0) is 42.2 Å². The molecule has 2 nitrogen and oxygen atoms in total. The molecule has 1 aromatic rings. The van der Waals surface area contributed by atoms with Crippen LogP contribution in [0.25, 0.3) is 0 Å². The van der Waals surface area contributed by atoms with E-state index >= 15 is 0 Å². The lowest BCUT2D eigenvalue weighted by atomic mass is 9.70. The quantitative estimate of drug-likeness (QED) is 0.920. The summed E-state index contributed by atoms with van der Waals surface area (Å²) in [6.07, 6.45) is 6.50. The van der Waals surface area contributed by atoms with Crippen LogP contribution in [0.2, 0.25) is 0 Å². The van der Waals surface area contributed by atoms with Crippen LogP contribution in [0.3, 0.4) is 0 Å². The largest absolute Gasteiger partial charge is 0.329 e. The summed E-state index contributed by atoms with van der Waals surface area (Å²) in [5.74, 6) is 1.63. The van der Waals surface area contributed by atoms with Crippen molar-refractivity contribution in [2.45, 2.75) is 58.0 Å². The molecule has 116 valence electrons. The summed E-state index contributed by atoms with van der Waals surface area (Å²) in [6, 6.07) is 8.94. The number of benzene rings is 1. The second-order valence-corrected chi connectivity index (χ2v) is 7.47. The molecule has 3 rings (SSSR count). The molecule has 2 atom stereocenters. The van der Waals surface area contributed by atoms with E-state index in [0.29, 0.717) is 0 Å². The Bertz CT molecular complexity index is 482. The van der Waals surface area contributed by atoms with Gasteiger partial charge in [-0.25, -0.2) is 0 Å². The fraction of sp³-hybridized carbons (Fsp3) is 0.684. The SMILES string of the molecule is CC(C)C1CCCC(CN)(N2CCc3ccccc3C2)C1. The minimum atomic E-state index is 0.251. The molecule has 2 N–H and O–H groups in total. The Balaban J connectivity index is 1.80. The lowest BCUT2D eigenvalue weighted by Gasteiger charge is -2.50. The number of nitrogens with two attached hydrogens (primary N) is 1. The zero-order valence-electron chi connectivity index (χ0n) is 13.6. The van der Waals surface area contributed by atoms with Crippen LogP contribution in [0.4, 0.5) is 0 Å². The number of nitrogens with zero attached hydrogens (tertiary/aromatic N) is 1. The summed E-state index contributed by atoms with van der Waals surface area (Å²) in [7, 11) is 0. The highest BCUT2D eigenvalue weighted by Gasteiger charge is 2.41. The molecule has 0 amide bonds. The predicted molar refractivity (Wildman–Crippen MR) is 89.1 cm³/mol. The smallest absolute Gasteiger partial charge is 0.0338 e. The van der Waals surface area contributed by atoms with Crippen LogP contribution in [0.5, 0.6) is 0 Å². The zero-order valence-corrected chi connectivity index (χ0v) is 13.6. The summed E-state index contributed by atoms with van der Waals surface area (Å²) < 4.78 is 0. The highest BCUT2D eigenvalue weighted by atomic mass is 15.2. The molecule has 0 saturated heterocycles. The van der Waals surface area contributed by atoms with Gasteiger partial charge in [0.2, 0.25) is 0 Å². The van der Waals surface area contributed by atoms with Crippen LogP contribution >= 0.6 is 0 Å². The van der Waals surface area contributed by atoms with Gasteiger partial charge in [-0.3, -0.25) is 4.90 Å². The van der Waals surface area contributed by atoms with E-state index in [0.717, 1.165) is 24.9 Å². The average molecular weight is 286 g/mol. The van der Waals surface area contributed by atoms with Crippen molar-refractivity contribution in [2.75, 3.05) is 13.1 Å². The van der Waals surface area contributed by atoms with E-state index in [2.05, 4.69) is 43.0 Å². The molecule has 1 fully saturated rings. The average Bonchev–Trinajstić information content (AvgIpc) is 2.54. The Morgan fingerprint density at radius 3 is 2.76 bits per heavy atom. The molecular weight excluding hydrogens is 256 g/mol. The van der Waals surface area contributed by atoms with Crippen molar-refractivity contribution < 1.29 is 0 Å². The molecule has 1 aliphatic carbocycles. The molecule has 1 aromatic carbocycles. The Hall–Kier alpha value is -0.860. The monoisotopic (exact) mass is 286 g/mol. The van der Waals surface area contributed by atoms with Crippen LogP contribution in [-0.4, -0.2) is 23.5 Å². The number of hydrogen-bond donors (Lipinski definition) is 1. The van der Waals surface area contributed by atoms with Crippen LogP contribution in [0, 0.1) is 11.8 Å². The van der Waals surface area contributed by atoms with Gasteiger partial charge in [-0.1, -0.05) is 51.0 Å². The van der Waals surface area contributed by atoms with Crippen molar-refractivity contribution in [1.29, 1.82) is 0 Å². The lowest BCUT2D eigenvalue weighted by molar-refractivity contribution is 0.0154. The fourth-order valence-corrected chi connectivity index (χ4v) is 4.46. The molecule has 2 unspecified atom stereocenters. The molecule has 1 heterocycles. The summed E-state index contributed by atoms with van der Waals surface area (Å²) in [5, 5.41) is 0. The van der Waals surface area contributed by atoms with Crippen molar-refractivity contribution in [3.8, 4) is 0 Å². The molecule has 2 heteroatoms. The third-order valence-corrected chi connectivity index (χ3v) is 5.98. The second kappa shape index (κ2) is 6.10. The Labute approximate surface area is 129 Å². The summed E-state index contributed by atoms with van der Waals surface area (Å²) in [6.45, 7) is 7.85. The summed E-state index contributed by atoms with van der Waals surface area (Å²) in [4.78, 5) is 2.71.